The van der Waals surface area contributed by atoms with Crippen molar-refractivity contribution in [2.75, 3.05) is 6.61 Å². The Bertz CT molecular complexity index is 989. The van der Waals surface area contributed by atoms with E-state index in [2.05, 4.69) is 12.2 Å². The molecule has 0 spiro atoms. The summed E-state index contributed by atoms with van der Waals surface area (Å²) in [7, 11) is 0. The Morgan fingerprint density at radius 3 is 2.48 bits per heavy atom. The predicted octanol–water partition coefficient (Wildman–Crippen LogP) is 5.41. The molecule has 6 heteroatoms. The van der Waals surface area contributed by atoms with Crippen molar-refractivity contribution < 1.29 is 19.0 Å². The number of hydrogen-bond acceptors (Lipinski definition) is 4. The number of amides is 1. The molecule has 1 aliphatic carbocycles. The number of benzene rings is 2. The lowest BCUT2D eigenvalue weighted by Crippen LogP contribution is -2.44. The second kappa shape index (κ2) is 10.4. The standard InChI is InChI=1S/C27H33FN2O3/c1-26(2,32)24(30-25(31)21(13-16-29)19-9-5-4-6-10-19)22-12-11-20(17-23(22)28)33-18-27(3)14-7-8-15-27/h4-6,9-12,17,21,24,32H,7-8,13-15,18H2,1-3H3,(H,30,31). The molecule has 3 rings (SSSR count). The Labute approximate surface area is 195 Å². The Morgan fingerprint density at radius 2 is 1.91 bits per heavy atom. The molecule has 2 atom stereocenters. The van der Waals surface area contributed by atoms with Crippen LogP contribution in [-0.4, -0.2) is 23.2 Å². The normalized spacial score (nSPS) is 17.1. The zero-order valence-electron chi connectivity index (χ0n) is 19.6. The number of aliphatic hydroxyl groups is 1. The summed E-state index contributed by atoms with van der Waals surface area (Å²) < 4.78 is 21.0. The number of rotatable bonds is 9. The molecule has 1 saturated carbocycles. The number of nitriles is 1. The van der Waals surface area contributed by atoms with E-state index in [-0.39, 0.29) is 17.4 Å². The van der Waals surface area contributed by atoms with Gasteiger partial charge in [-0.25, -0.2) is 4.39 Å². The van der Waals surface area contributed by atoms with Gasteiger partial charge in [0.25, 0.3) is 0 Å². The molecule has 2 aromatic rings. The first-order valence-corrected chi connectivity index (χ1v) is 11.5. The largest absolute Gasteiger partial charge is 0.493 e. The number of halogens is 1. The van der Waals surface area contributed by atoms with Gasteiger partial charge in [0.1, 0.15) is 11.6 Å². The maximum absolute atomic E-state index is 15.2. The molecular formula is C27H33FN2O3. The predicted molar refractivity (Wildman–Crippen MR) is 125 cm³/mol. The molecule has 1 fully saturated rings. The second-order valence-corrected chi connectivity index (χ2v) is 9.91. The smallest absolute Gasteiger partial charge is 0.229 e. The monoisotopic (exact) mass is 452 g/mol. The molecule has 5 nitrogen and oxygen atoms in total. The summed E-state index contributed by atoms with van der Waals surface area (Å²) in [5.74, 6) is -1.30. The topological polar surface area (TPSA) is 82.3 Å². The van der Waals surface area contributed by atoms with Crippen molar-refractivity contribution >= 4 is 5.91 Å². The lowest BCUT2D eigenvalue weighted by molar-refractivity contribution is -0.125. The number of nitrogens with one attached hydrogen (secondary N) is 1. The van der Waals surface area contributed by atoms with Crippen molar-refractivity contribution in [2.45, 2.75) is 70.4 Å². The van der Waals surface area contributed by atoms with Gasteiger partial charge in [-0.15, -0.1) is 0 Å². The van der Waals surface area contributed by atoms with Crippen molar-refractivity contribution in [1.29, 1.82) is 5.26 Å². The second-order valence-electron chi connectivity index (χ2n) is 9.91. The molecule has 2 N–H and O–H groups in total. The van der Waals surface area contributed by atoms with Crippen LogP contribution in [0.4, 0.5) is 4.39 Å². The van der Waals surface area contributed by atoms with Gasteiger partial charge in [-0.2, -0.15) is 5.26 Å². The summed E-state index contributed by atoms with van der Waals surface area (Å²) in [6.45, 7) is 5.76. The SMILES string of the molecule is CC1(COc2ccc(C(NC(=O)C(CC#N)c3ccccc3)C(C)(C)O)c(F)c2)CCCC1. The average molecular weight is 453 g/mol. The molecule has 176 valence electrons. The zero-order chi connectivity index (χ0) is 24.1. The van der Waals surface area contributed by atoms with Gasteiger partial charge in [-0.1, -0.05) is 56.2 Å². The van der Waals surface area contributed by atoms with Crippen molar-refractivity contribution in [1.82, 2.24) is 5.32 Å². The van der Waals surface area contributed by atoms with Gasteiger partial charge in [0.2, 0.25) is 5.91 Å². The van der Waals surface area contributed by atoms with E-state index in [0.717, 1.165) is 12.8 Å². The zero-order valence-corrected chi connectivity index (χ0v) is 19.6. The Morgan fingerprint density at radius 1 is 1.24 bits per heavy atom. The first-order valence-electron chi connectivity index (χ1n) is 11.5. The third-order valence-corrected chi connectivity index (χ3v) is 6.49. The number of carbonyl (C=O) groups is 1. The minimum atomic E-state index is -1.44. The minimum absolute atomic E-state index is 0.0253. The first kappa shape index (κ1) is 24.7. The molecule has 1 aliphatic rings. The fraction of sp³-hybridized carbons (Fsp3) is 0.481. The van der Waals surface area contributed by atoms with Gasteiger partial charge in [-0.05, 0) is 38.3 Å². The fourth-order valence-electron chi connectivity index (χ4n) is 4.48. The Balaban J connectivity index is 1.79. The van der Waals surface area contributed by atoms with Crippen LogP contribution in [0, 0.1) is 22.6 Å². The van der Waals surface area contributed by atoms with Gasteiger partial charge in [-0.3, -0.25) is 4.79 Å². The van der Waals surface area contributed by atoms with E-state index < -0.39 is 29.3 Å². The van der Waals surface area contributed by atoms with Gasteiger partial charge < -0.3 is 15.2 Å². The van der Waals surface area contributed by atoms with Crippen LogP contribution < -0.4 is 10.1 Å². The maximum Gasteiger partial charge on any atom is 0.229 e. The van der Waals surface area contributed by atoms with Crippen molar-refractivity contribution in [3.05, 3.63) is 65.5 Å². The minimum Gasteiger partial charge on any atom is -0.493 e. The van der Waals surface area contributed by atoms with Crippen LogP contribution in [0.2, 0.25) is 0 Å². The number of hydrogen-bond donors (Lipinski definition) is 2. The molecule has 0 heterocycles. The van der Waals surface area contributed by atoms with E-state index in [1.54, 1.807) is 36.4 Å². The van der Waals surface area contributed by atoms with E-state index >= 15 is 4.39 Å². The molecule has 33 heavy (non-hydrogen) atoms. The number of nitrogens with zero attached hydrogens (tertiary/aromatic N) is 1. The fourth-order valence-corrected chi connectivity index (χ4v) is 4.48. The summed E-state index contributed by atoms with van der Waals surface area (Å²) in [4.78, 5) is 13.1. The summed E-state index contributed by atoms with van der Waals surface area (Å²) >= 11 is 0. The van der Waals surface area contributed by atoms with Crippen LogP contribution in [0.3, 0.4) is 0 Å². The third-order valence-electron chi connectivity index (χ3n) is 6.49. The molecule has 2 aromatic carbocycles. The summed E-state index contributed by atoms with van der Waals surface area (Å²) in [6.07, 6.45) is 4.56. The van der Waals surface area contributed by atoms with Crippen molar-refractivity contribution in [3.63, 3.8) is 0 Å². The summed E-state index contributed by atoms with van der Waals surface area (Å²) in [5.41, 5.74) is -0.467. The molecule has 0 aromatic heterocycles. The van der Waals surface area contributed by atoms with Crippen LogP contribution in [0.25, 0.3) is 0 Å². The average Bonchev–Trinajstić information content (AvgIpc) is 3.21. The molecular weight excluding hydrogens is 419 g/mol. The highest BCUT2D eigenvalue weighted by Crippen LogP contribution is 2.38. The van der Waals surface area contributed by atoms with Crippen molar-refractivity contribution in [2.24, 2.45) is 5.41 Å². The number of ether oxygens (including phenoxy) is 1. The van der Waals surface area contributed by atoms with Crippen LogP contribution in [0.1, 0.15) is 76.0 Å². The first-order chi connectivity index (χ1) is 15.6. The molecule has 0 saturated heterocycles. The van der Waals surface area contributed by atoms with Gasteiger partial charge in [0.05, 0.1) is 36.7 Å². The van der Waals surface area contributed by atoms with E-state index in [1.807, 2.05) is 12.1 Å². The molecule has 0 bridgehead atoms. The maximum atomic E-state index is 15.2. The molecule has 0 aliphatic heterocycles. The van der Waals surface area contributed by atoms with Crippen LogP contribution in [0.15, 0.2) is 48.5 Å². The van der Waals surface area contributed by atoms with E-state index in [4.69, 9.17) is 4.74 Å². The third kappa shape index (κ3) is 6.33. The lowest BCUT2D eigenvalue weighted by Gasteiger charge is -2.32. The Hall–Kier alpha value is -2.91. The molecule has 0 radical (unpaired) electrons. The van der Waals surface area contributed by atoms with Crippen LogP contribution in [-0.2, 0) is 4.79 Å². The van der Waals surface area contributed by atoms with Crippen LogP contribution in [0.5, 0.6) is 5.75 Å². The molecule has 2 unspecified atom stereocenters. The quantitative estimate of drug-likeness (QED) is 0.533. The van der Waals surface area contributed by atoms with E-state index in [0.29, 0.717) is 17.9 Å². The highest BCUT2D eigenvalue weighted by Gasteiger charge is 2.35. The van der Waals surface area contributed by atoms with Crippen LogP contribution >= 0.6 is 0 Å². The van der Waals surface area contributed by atoms with Crippen molar-refractivity contribution in [3.8, 4) is 11.8 Å². The van der Waals surface area contributed by atoms with Gasteiger partial charge >= 0.3 is 0 Å². The highest BCUT2D eigenvalue weighted by atomic mass is 19.1. The highest BCUT2D eigenvalue weighted by molar-refractivity contribution is 5.84. The summed E-state index contributed by atoms with van der Waals surface area (Å²) in [6, 6.07) is 14.5. The van der Waals surface area contributed by atoms with E-state index in [9.17, 15) is 15.2 Å². The molecule has 1 amide bonds. The number of carbonyl (C=O) groups excluding carboxylic acids is 1. The summed E-state index contributed by atoms with van der Waals surface area (Å²) in [5, 5.41) is 22.8. The van der Waals surface area contributed by atoms with Gasteiger partial charge in [0.15, 0.2) is 0 Å². The van der Waals surface area contributed by atoms with E-state index in [1.165, 1.54) is 32.8 Å². The van der Waals surface area contributed by atoms with Gasteiger partial charge in [0, 0.05) is 17.0 Å². The Kier molecular flexibility index (Phi) is 7.76. The lowest BCUT2D eigenvalue weighted by atomic mass is 9.89.